The Morgan fingerprint density at radius 2 is 1.65 bits per heavy atom. The van der Waals surface area contributed by atoms with Gasteiger partial charge in [-0.25, -0.2) is 8.42 Å². The second kappa shape index (κ2) is 10.8. The van der Waals surface area contributed by atoms with E-state index in [4.69, 9.17) is 11.0 Å². The number of pyridine rings is 1. The Hall–Kier alpha value is -5.27. The number of carbonyl (C=O) groups excluding carboxylic acids is 2. The lowest BCUT2D eigenvalue weighted by Gasteiger charge is -2.24. The van der Waals surface area contributed by atoms with E-state index in [1.54, 1.807) is 84.9 Å². The van der Waals surface area contributed by atoms with E-state index in [9.17, 15) is 18.0 Å². The molecule has 0 aliphatic carbocycles. The summed E-state index contributed by atoms with van der Waals surface area (Å²) in [5, 5.41) is 13.7. The summed E-state index contributed by atoms with van der Waals surface area (Å²) in [5.41, 5.74) is 7.73. The number of primary amides is 1. The zero-order chi connectivity index (χ0) is 28.3. The van der Waals surface area contributed by atoms with Crippen molar-refractivity contribution in [2.24, 2.45) is 5.73 Å². The van der Waals surface area contributed by atoms with Crippen LogP contribution in [0.5, 0.6) is 0 Å². The molecule has 5 aromatic rings. The van der Waals surface area contributed by atoms with Crippen LogP contribution in [0.1, 0.15) is 21.5 Å². The van der Waals surface area contributed by atoms with E-state index >= 15 is 0 Å². The molecule has 0 aliphatic rings. The molecule has 0 atom stereocenters. The molecule has 40 heavy (non-hydrogen) atoms. The monoisotopic (exact) mass is 549 g/mol. The Morgan fingerprint density at radius 1 is 0.925 bits per heavy atom. The summed E-state index contributed by atoms with van der Waals surface area (Å²) in [6, 6.07) is 27.2. The van der Waals surface area contributed by atoms with E-state index in [-0.39, 0.29) is 28.6 Å². The van der Waals surface area contributed by atoms with Gasteiger partial charge >= 0.3 is 0 Å². The molecule has 0 bridgehead atoms. The average Bonchev–Trinajstić information content (AvgIpc) is 2.97. The summed E-state index contributed by atoms with van der Waals surface area (Å²) in [7, 11) is -4.24. The van der Waals surface area contributed by atoms with Gasteiger partial charge in [0.05, 0.1) is 22.8 Å². The number of nitrogens with two attached hydrogens (primary N) is 1. The number of rotatable bonds is 8. The van der Waals surface area contributed by atoms with Gasteiger partial charge in [0, 0.05) is 23.7 Å². The van der Waals surface area contributed by atoms with Crippen LogP contribution in [0.15, 0.2) is 102 Å². The standard InChI is InChI=1S/C30H23N5O4S/c31-17-20-9-11-21(12-10-20)18-34-30(37)26-7-1-5-23-16-24(13-14-25(23)26)35(19-28(32)36)40(38,39)27-8-2-4-22-6-3-15-33-29(22)27/h1-16H,18-19H2,(H2,32,36)(H,34,37). The number of anilines is 1. The maximum atomic E-state index is 13.8. The lowest BCUT2D eigenvalue weighted by molar-refractivity contribution is -0.116. The van der Waals surface area contributed by atoms with Gasteiger partial charge in [-0.15, -0.1) is 0 Å². The summed E-state index contributed by atoms with van der Waals surface area (Å²) in [6.07, 6.45) is 1.50. The van der Waals surface area contributed by atoms with Gasteiger partial charge < -0.3 is 11.1 Å². The van der Waals surface area contributed by atoms with E-state index in [2.05, 4.69) is 16.4 Å². The topological polar surface area (TPSA) is 146 Å². The summed E-state index contributed by atoms with van der Waals surface area (Å²) in [6.45, 7) is -0.315. The van der Waals surface area contributed by atoms with E-state index < -0.39 is 22.5 Å². The Balaban J connectivity index is 1.49. The van der Waals surface area contributed by atoms with Crippen molar-refractivity contribution in [1.29, 1.82) is 5.26 Å². The molecule has 0 aliphatic heterocycles. The number of fused-ring (bicyclic) bond motifs is 2. The molecular weight excluding hydrogens is 526 g/mol. The zero-order valence-corrected chi connectivity index (χ0v) is 21.9. The first-order valence-electron chi connectivity index (χ1n) is 12.2. The van der Waals surface area contributed by atoms with Crippen molar-refractivity contribution in [2.45, 2.75) is 11.4 Å². The van der Waals surface area contributed by atoms with Crippen molar-refractivity contribution in [1.82, 2.24) is 10.3 Å². The second-order valence-electron chi connectivity index (χ2n) is 9.01. The number of nitriles is 1. The molecule has 1 aromatic heterocycles. The van der Waals surface area contributed by atoms with Crippen LogP contribution in [0, 0.1) is 11.3 Å². The number of sulfonamides is 1. The van der Waals surface area contributed by atoms with Crippen LogP contribution in [0.3, 0.4) is 0 Å². The largest absolute Gasteiger partial charge is 0.368 e. The van der Waals surface area contributed by atoms with E-state index in [1.165, 1.54) is 12.3 Å². The maximum Gasteiger partial charge on any atom is 0.266 e. The quantitative estimate of drug-likeness (QED) is 0.300. The number of aromatic nitrogens is 1. The molecule has 5 rings (SSSR count). The van der Waals surface area contributed by atoms with Gasteiger partial charge in [0.15, 0.2) is 0 Å². The third kappa shape index (κ3) is 5.18. The summed E-state index contributed by atoms with van der Waals surface area (Å²) >= 11 is 0. The van der Waals surface area contributed by atoms with E-state index in [1.807, 2.05) is 0 Å². The number of amides is 2. The third-order valence-corrected chi connectivity index (χ3v) is 8.20. The normalized spacial score (nSPS) is 11.2. The first kappa shape index (κ1) is 26.3. The van der Waals surface area contributed by atoms with E-state index in [0.717, 1.165) is 9.87 Å². The predicted molar refractivity (Wildman–Crippen MR) is 152 cm³/mol. The van der Waals surface area contributed by atoms with Gasteiger partial charge in [0.1, 0.15) is 11.4 Å². The predicted octanol–water partition coefficient (Wildman–Crippen LogP) is 3.87. The Kier molecular flexibility index (Phi) is 7.14. The first-order chi connectivity index (χ1) is 19.3. The highest BCUT2D eigenvalue weighted by Crippen LogP contribution is 2.31. The number of nitrogens with one attached hydrogen (secondary N) is 1. The number of carbonyl (C=O) groups is 2. The van der Waals surface area contributed by atoms with Gasteiger partial charge in [-0.3, -0.25) is 18.9 Å². The average molecular weight is 550 g/mol. The van der Waals surface area contributed by atoms with Crippen LogP contribution in [-0.2, 0) is 21.4 Å². The smallest absolute Gasteiger partial charge is 0.266 e. The molecule has 0 spiro atoms. The first-order valence-corrected chi connectivity index (χ1v) is 13.7. The lowest BCUT2D eigenvalue weighted by Crippen LogP contribution is -2.38. The van der Waals surface area contributed by atoms with Crippen LogP contribution in [-0.4, -0.2) is 31.8 Å². The number of hydrogen-bond donors (Lipinski definition) is 2. The van der Waals surface area contributed by atoms with Crippen LogP contribution in [0.25, 0.3) is 21.7 Å². The fourth-order valence-electron chi connectivity index (χ4n) is 4.46. The van der Waals surface area contributed by atoms with E-state index in [0.29, 0.717) is 27.3 Å². The molecule has 2 amide bonds. The van der Waals surface area contributed by atoms with Gasteiger partial charge in [0.2, 0.25) is 5.91 Å². The van der Waals surface area contributed by atoms with Crippen molar-refractivity contribution in [3.05, 3.63) is 114 Å². The molecule has 3 N–H and O–H groups in total. The van der Waals surface area contributed by atoms with Crippen molar-refractivity contribution >= 4 is 49.2 Å². The van der Waals surface area contributed by atoms with Crippen LogP contribution < -0.4 is 15.4 Å². The Labute approximate surface area is 230 Å². The molecule has 0 radical (unpaired) electrons. The molecule has 0 saturated heterocycles. The van der Waals surface area contributed by atoms with Crippen LogP contribution >= 0.6 is 0 Å². The van der Waals surface area contributed by atoms with Gasteiger partial charge in [-0.1, -0.05) is 48.5 Å². The second-order valence-corrected chi connectivity index (χ2v) is 10.8. The molecular formula is C30H23N5O4S. The molecule has 1 heterocycles. The highest BCUT2D eigenvalue weighted by atomic mass is 32.2. The molecule has 9 nitrogen and oxygen atoms in total. The van der Waals surface area contributed by atoms with Crippen LogP contribution in [0.4, 0.5) is 5.69 Å². The number of benzene rings is 4. The highest BCUT2D eigenvalue weighted by Gasteiger charge is 2.29. The van der Waals surface area contributed by atoms with Crippen LogP contribution in [0.2, 0.25) is 0 Å². The van der Waals surface area contributed by atoms with Crippen molar-refractivity contribution < 1.29 is 18.0 Å². The highest BCUT2D eigenvalue weighted by molar-refractivity contribution is 7.93. The number of para-hydroxylation sites is 1. The van der Waals surface area contributed by atoms with Crippen molar-refractivity contribution in [3.8, 4) is 6.07 Å². The number of hydrogen-bond acceptors (Lipinski definition) is 6. The lowest BCUT2D eigenvalue weighted by atomic mass is 10.0. The molecule has 0 unspecified atom stereocenters. The molecule has 0 fully saturated rings. The minimum absolute atomic E-state index is 0.0529. The fraction of sp³-hybridized carbons (Fsp3) is 0.0667. The van der Waals surface area contributed by atoms with Gasteiger partial charge in [-0.2, -0.15) is 5.26 Å². The van der Waals surface area contributed by atoms with Crippen molar-refractivity contribution in [3.63, 3.8) is 0 Å². The Morgan fingerprint density at radius 3 is 2.40 bits per heavy atom. The SMILES string of the molecule is N#Cc1ccc(CNC(=O)c2cccc3cc(N(CC(N)=O)S(=O)(=O)c4cccc5cccnc45)ccc23)cc1. The maximum absolute atomic E-state index is 13.8. The third-order valence-electron chi connectivity index (χ3n) is 6.40. The summed E-state index contributed by atoms with van der Waals surface area (Å²) < 4.78 is 28.7. The fourth-order valence-corrected chi connectivity index (χ4v) is 6.05. The Bertz CT molecular complexity index is 1910. The number of nitrogens with zero attached hydrogens (tertiary/aromatic N) is 3. The molecule has 0 saturated carbocycles. The van der Waals surface area contributed by atoms with Gasteiger partial charge in [0.25, 0.3) is 15.9 Å². The molecule has 198 valence electrons. The zero-order valence-electron chi connectivity index (χ0n) is 21.1. The van der Waals surface area contributed by atoms with Gasteiger partial charge in [-0.05, 0) is 58.8 Å². The summed E-state index contributed by atoms with van der Waals surface area (Å²) in [4.78, 5) is 29.2. The molecule has 4 aromatic carbocycles. The van der Waals surface area contributed by atoms with Crippen molar-refractivity contribution in [2.75, 3.05) is 10.8 Å². The minimum Gasteiger partial charge on any atom is -0.368 e. The minimum atomic E-state index is -4.24. The molecule has 10 heteroatoms. The summed E-state index contributed by atoms with van der Waals surface area (Å²) in [5.74, 6) is -1.14.